The summed E-state index contributed by atoms with van der Waals surface area (Å²) >= 11 is 0. The molecule has 0 aliphatic heterocycles. The van der Waals surface area contributed by atoms with Gasteiger partial charge in [0.2, 0.25) is 0 Å². The fourth-order valence-corrected chi connectivity index (χ4v) is 1.88. The van der Waals surface area contributed by atoms with Crippen molar-refractivity contribution in [3.05, 3.63) is 29.8 Å². The molecule has 0 aliphatic rings. The van der Waals surface area contributed by atoms with E-state index in [4.69, 9.17) is 10.0 Å². The predicted molar refractivity (Wildman–Crippen MR) is 54.9 cm³/mol. The lowest BCUT2D eigenvalue weighted by atomic mass is 9.80. The van der Waals surface area contributed by atoms with Crippen LogP contribution >= 0.6 is 0 Å². The van der Waals surface area contributed by atoms with Crippen LogP contribution < -0.4 is 5.46 Å². The van der Waals surface area contributed by atoms with Gasteiger partial charge in [0.25, 0.3) is 9.84 Å². The Labute approximate surface area is 95.8 Å². The molecule has 0 saturated carbocycles. The Hall–Kier alpha value is -1.06. The second-order valence-corrected chi connectivity index (χ2v) is 5.30. The van der Waals surface area contributed by atoms with Gasteiger partial charge in [-0.1, -0.05) is 24.3 Å². The van der Waals surface area contributed by atoms with Crippen molar-refractivity contribution >= 4 is 22.4 Å². The van der Waals surface area contributed by atoms with Crippen LogP contribution in [0, 0.1) is 0 Å². The van der Waals surface area contributed by atoms with Crippen LogP contribution in [0.3, 0.4) is 0 Å². The van der Waals surface area contributed by atoms with Crippen LogP contribution in [0.15, 0.2) is 24.3 Å². The molecule has 0 aliphatic carbocycles. The zero-order valence-electron chi connectivity index (χ0n) is 8.35. The third-order valence-corrected chi connectivity index (χ3v) is 3.41. The molecule has 1 rings (SSSR count). The smallest absolute Gasteiger partial charge is 0.423 e. The molecule has 0 aromatic heterocycles. The molecular formula is C8H8BF3O4S. The summed E-state index contributed by atoms with van der Waals surface area (Å²) in [7, 11) is -6.96. The van der Waals surface area contributed by atoms with Crippen LogP contribution in [0.4, 0.5) is 13.2 Å². The Morgan fingerprint density at radius 2 is 1.59 bits per heavy atom. The lowest BCUT2D eigenvalue weighted by Crippen LogP contribution is -2.30. The van der Waals surface area contributed by atoms with Crippen LogP contribution in [-0.2, 0) is 15.6 Å². The van der Waals surface area contributed by atoms with E-state index in [0.717, 1.165) is 24.3 Å². The van der Waals surface area contributed by atoms with E-state index in [9.17, 15) is 21.6 Å². The monoisotopic (exact) mass is 268 g/mol. The first-order valence-electron chi connectivity index (χ1n) is 4.37. The second-order valence-electron chi connectivity index (χ2n) is 3.32. The quantitative estimate of drug-likeness (QED) is 0.744. The summed E-state index contributed by atoms with van der Waals surface area (Å²) in [5, 5.41) is 17.5. The van der Waals surface area contributed by atoms with E-state index in [2.05, 4.69) is 0 Å². The number of hydrogen-bond acceptors (Lipinski definition) is 4. The molecule has 17 heavy (non-hydrogen) atoms. The maximum absolute atomic E-state index is 12.1. The molecule has 0 radical (unpaired) electrons. The highest BCUT2D eigenvalue weighted by Gasteiger charge is 2.45. The zero-order chi connectivity index (χ0) is 13.3. The van der Waals surface area contributed by atoms with Crippen LogP contribution in [-0.4, -0.2) is 31.1 Å². The Morgan fingerprint density at radius 3 is 1.94 bits per heavy atom. The Bertz CT molecular complexity index is 480. The van der Waals surface area contributed by atoms with Gasteiger partial charge >= 0.3 is 12.6 Å². The number of rotatable bonds is 3. The summed E-state index contributed by atoms with van der Waals surface area (Å²) in [5.74, 6) is -1.17. The van der Waals surface area contributed by atoms with Gasteiger partial charge in [-0.2, -0.15) is 13.2 Å². The predicted octanol–water partition coefficient (Wildman–Crippen LogP) is -0.199. The SMILES string of the molecule is O=S(=O)(Cc1ccc(B(O)O)cc1)C(F)(F)F. The first kappa shape index (κ1) is 14.0. The molecule has 0 fully saturated rings. The van der Waals surface area contributed by atoms with E-state index in [1.807, 2.05) is 0 Å². The molecule has 2 N–H and O–H groups in total. The van der Waals surface area contributed by atoms with Gasteiger partial charge in [-0.05, 0) is 11.0 Å². The third-order valence-electron chi connectivity index (χ3n) is 1.99. The van der Waals surface area contributed by atoms with Crippen molar-refractivity contribution in [1.82, 2.24) is 0 Å². The summed E-state index contributed by atoms with van der Waals surface area (Å²) in [4.78, 5) is 0. The van der Waals surface area contributed by atoms with Gasteiger partial charge in [0.1, 0.15) is 0 Å². The second kappa shape index (κ2) is 4.67. The van der Waals surface area contributed by atoms with E-state index in [1.54, 1.807) is 0 Å². The fraction of sp³-hybridized carbons (Fsp3) is 0.250. The number of benzene rings is 1. The molecule has 94 valence electrons. The largest absolute Gasteiger partial charge is 0.497 e. The minimum absolute atomic E-state index is 0.0677. The molecule has 0 unspecified atom stereocenters. The Morgan fingerprint density at radius 1 is 1.12 bits per heavy atom. The minimum Gasteiger partial charge on any atom is -0.423 e. The van der Waals surface area contributed by atoms with E-state index >= 15 is 0 Å². The molecular weight excluding hydrogens is 260 g/mol. The highest BCUT2D eigenvalue weighted by molar-refractivity contribution is 7.91. The van der Waals surface area contributed by atoms with Crippen molar-refractivity contribution in [3.8, 4) is 0 Å². The summed E-state index contributed by atoms with van der Waals surface area (Å²) < 4.78 is 57.8. The van der Waals surface area contributed by atoms with Gasteiger partial charge in [0, 0.05) is 0 Å². The molecule has 0 saturated heterocycles. The first-order chi connectivity index (χ1) is 7.63. The standard InChI is InChI=1S/C8H8BF3O4S/c10-8(11,12)17(15,16)5-6-1-3-7(4-2-6)9(13)14/h1-4,13-14H,5H2. The highest BCUT2D eigenvalue weighted by atomic mass is 32.2. The minimum atomic E-state index is -5.29. The van der Waals surface area contributed by atoms with Crippen LogP contribution in [0.25, 0.3) is 0 Å². The third kappa shape index (κ3) is 3.45. The Kier molecular flexibility index (Phi) is 3.85. The maximum Gasteiger partial charge on any atom is 0.497 e. The van der Waals surface area contributed by atoms with Crippen LogP contribution in [0.1, 0.15) is 5.56 Å². The van der Waals surface area contributed by atoms with Crippen molar-refractivity contribution < 1.29 is 31.6 Å². The fourth-order valence-electron chi connectivity index (χ4n) is 1.09. The molecule has 1 aromatic carbocycles. The van der Waals surface area contributed by atoms with Gasteiger partial charge < -0.3 is 10.0 Å². The van der Waals surface area contributed by atoms with E-state index in [1.165, 1.54) is 0 Å². The molecule has 1 aromatic rings. The number of hydrogen-bond donors (Lipinski definition) is 2. The number of alkyl halides is 3. The van der Waals surface area contributed by atoms with E-state index in [-0.39, 0.29) is 11.0 Å². The van der Waals surface area contributed by atoms with Crippen molar-refractivity contribution in [2.75, 3.05) is 0 Å². The van der Waals surface area contributed by atoms with Crippen LogP contribution in [0.2, 0.25) is 0 Å². The van der Waals surface area contributed by atoms with Crippen molar-refractivity contribution in [1.29, 1.82) is 0 Å². The van der Waals surface area contributed by atoms with E-state index < -0.39 is 28.2 Å². The summed E-state index contributed by atoms with van der Waals surface area (Å²) in [6.07, 6.45) is 0. The van der Waals surface area contributed by atoms with Gasteiger partial charge in [-0.3, -0.25) is 0 Å². The Balaban J connectivity index is 2.91. The summed E-state index contributed by atoms with van der Waals surface area (Å²) in [5.41, 5.74) is -5.30. The van der Waals surface area contributed by atoms with Crippen LogP contribution in [0.5, 0.6) is 0 Å². The van der Waals surface area contributed by atoms with E-state index in [0.29, 0.717) is 0 Å². The van der Waals surface area contributed by atoms with Gasteiger partial charge in [-0.15, -0.1) is 0 Å². The molecule has 0 bridgehead atoms. The molecule has 0 atom stereocenters. The topological polar surface area (TPSA) is 74.6 Å². The maximum atomic E-state index is 12.1. The lowest BCUT2D eigenvalue weighted by Gasteiger charge is -2.08. The van der Waals surface area contributed by atoms with Crippen molar-refractivity contribution in [2.45, 2.75) is 11.3 Å². The first-order valence-corrected chi connectivity index (χ1v) is 6.03. The molecule has 0 amide bonds. The number of halogens is 3. The molecule has 9 heteroatoms. The lowest BCUT2D eigenvalue weighted by molar-refractivity contribution is -0.0437. The number of sulfone groups is 1. The molecule has 0 spiro atoms. The average Bonchev–Trinajstić information content (AvgIpc) is 2.16. The normalized spacial score (nSPS) is 12.5. The summed E-state index contributed by atoms with van der Waals surface area (Å²) in [6, 6.07) is 4.48. The average molecular weight is 268 g/mol. The highest BCUT2D eigenvalue weighted by Crippen LogP contribution is 2.26. The van der Waals surface area contributed by atoms with Crippen molar-refractivity contribution in [2.24, 2.45) is 0 Å². The van der Waals surface area contributed by atoms with Crippen molar-refractivity contribution in [3.63, 3.8) is 0 Å². The van der Waals surface area contributed by atoms with Gasteiger partial charge in [0.15, 0.2) is 0 Å². The summed E-state index contributed by atoms with van der Waals surface area (Å²) in [6.45, 7) is 0. The van der Waals surface area contributed by atoms with Gasteiger partial charge in [-0.25, -0.2) is 8.42 Å². The molecule has 0 heterocycles. The molecule has 4 nitrogen and oxygen atoms in total. The van der Waals surface area contributed by atoms with Gasteiger partial charge in [0.05, 0.1) is 5.75 Å². The zero-order valence-corrected chi connectivity index (χ0v) is 9.16.